The van der Waals surface area contributed by atoms with Gasteiger partial charge in [0.05, 0.1) is 27.4 Å². The number of aliphatic carboxylic acids is 1. The summed E-state index contributed by atoms with van der Waals surface area (Å²) in [7, 11) is -2.40. The molecule has 1 aromatic carbocycles. The highest BCUT2D eigenvalue weighted by atomic mass is 35.5. The van der Waals surface area contributed by atoms with E-state index in [4.69, 9.17) is 11.6 Å². The van der Waals surface area contributed by atoms with Gasteiger partial charge in [0, 0.05) is 42.9 Å². The Labute approximate surface area is 193 Å². The van der Waals surface area contributed by atoms with Crippen molar-refractivity contribution in [2.75, 3.05) is 13.1 Å². The summed E-state index contributed by atoms with van der Waals surface area (Å²) in [4.78, 5) is 25.2. The number of halogens is 3. The van der Waals surface area contributed by atoms with Crippen LogP contribution in [-0.2, 0) is 26.5 Å². The molecule has 4 rings (SSSR count). The third kappa shape index (κ3) is 4.26. The lowest BCUT2D eigenvalue weighted by Gasteiger charge is -2.18. The van der Waals surface area contributed by atoms with Crippen LogP contribution in [0.1, 0.15) is 19.3 Å². The fraction of sp³-hybridized carbons (Fsp3) is 0.381. The molecule has 1 aliphatic heterocycles. The third-order valence-electron chi connectivity index (χ3n) is 5.99. The number of carbonyl (C=O) groups is 2. The maximum absolute atomic E-state index is 13.5. The minimum Gasteiger partial charge on any atom is -0.478 e. The Hall–Kier alpha value is -2.79. The lowest BCUT2D eigenvalue weighted by atomic mass is 10.1. The number of amides is 1. The number of rotatable bonds is 5. The van der Waals surface area contributed by atoms with Crippen molar-refractivity contribution < 1.29 is 31.9 Å². The van der Waals surface area contributed by atoms with Crippen LogP contribution in [0.3, 0.4) is 0 Å². The molecule has 1 fully saturated rings. The molecule has 1 saturated heterocycles. The monoisotopic (exact) mass is 499 g/mol. The van der Waals surface area contributed by atoms with E-state index in [0.717, 1.165) is 4.90 Å². The van der Waals surface area contributed by atoms with Crippen LogP contribution < -0.4 is 0 Å². The molecule has 1 aromatic heterocycles. The molecule has 1 amide bonds. The zero-order valence-electron chi connectivity index (χ0n) is 17.5. The van der Waals surface area contributed by atoms with E-state index in [1.807, 2.05) is 0 Å². The highest BCUT2D eigenvalue weighted by Gasteiger charge is 2.45. The van der Waals surface area contributed by atoms with Gasteiger partial charge in [-0.2, -0.15) is 5.10 Å². The Morgan fingerprint density at radius 3 is 2.45 bits per heavy atom. The van der Waals surface area contributed by atoms with Crippen LogP contribution in [0.15, 0.2) is 46.5 Å². The minimum atomic E-state index is -4.12. The van der Waals surface area contributed by atoms with Gasteiger partial charge in [-0.25, -0.2) is 22.0 Å². The van der Waals surface area contributed by atoms with Crippen molar-refractivity contribution in [3.8, 4) is 11.3 Å². The summed E-state index contributed by atoms with van der Waals surface area (Å²) < 4.78 is 55.3. The summed E-state index contributed by atoms with van der Waals surface area (Å²) >= 11 is 6.30. The quantitative estimate of drug-likeness (QED) is 0.677. The Bertz CT molecular complexity index is 1290. The van der Waals surface area contributed by atoms with Gasteiger partial charge in [-0.15, -0.1) is 0 Å². The number of aromatic nitrogens is 2. The second kappa shape index (κ2) is 8.21. The molecule has 0 radical (unpaired) electrons. The van der Waals surface area contributed by atoms with Crippen molar-refractivity contribution in [3.05, 3.63) is 46.6 Å². The van der Waals surface area contributed by atoms with E-state index in [1.54, 1.807) is 30.1 Å². The zero-order valence-corrected chi connectivity index (χ0v) is 19.0. The van der Waals surface area contributed by atoms with E-state index in [-0.39, 0.29) is 34.0 Å². The first kappa shape index (κ1) is 23.4. The molecule has 1 N–H and O–H groups in total. The Balaban J connectivity index is 1.61. The number of sulfone groups is 1. The van der Waals surface area contributed by atoms with Crippen molar-refractivity contribution in [3.63, 3.8) is 0 Å². The number of hydrogen-bond acceptors (Lipinski definition) is 5. The predicted molar refractivity (Wildman–Crippen MR) is 115 cm³/mol. The third-order valence-corrected chi connectivity index (χ3v) is 8.60. The minimum absolute atomic E-state index is 0.0514. The molecule has 1 aliphatic carbocycles. The number of alkyl halides is 2. The van der Waals surface area contributed by atoms with Crippen molar-refractivity contribution >= 4 is 33.3 Å². The SMILES string of the molecule is Cn1nccc1-c1ccc(S(=O)(=O)[C@H]2CC(C(=O)O)=C(C(=O)N3CCC(F)(F)C3)C2)c(Cl)c1. The summed E-state index contributed by atoms with van der Waals surface area (Å²) in [5.41, 5.74) is 0.732. The lowest BCUT2D eigenvalue weighted by molar-refractivity contribution is -0.134. The molecular formula is C21H20ClF2N3O5S. The van der Waals surface area contributed by atoms with E-state index < -0.39 is 52.3 Å². The second-order valence-electron chi connectivity index (χ2n) is 8.16. The van der Waals surface area contributed by atoms with Crippen LogP contribution in [0.5, 0.6) is 0 Å². The molecule has 2 heterocycles. The first-order valence-electron chi connectivity index (χ1n) is 10.0. The first-order chi connectivity index (χ1) is 15.4. The summed E-state index contributed by atoms with van der Waals surface area (Å²) in [6.45, 7) is -1.04. The topological polar surface area (TPSA) is 110 Å². The van der Waals surface area contributed by atoms with Gasteiger partial charge < -0.3 is 10.0 Å². The Morgan fingerprint density at radius 2 is 1.91 bits per heavy atom. The van der Waals surface area contributed by atoms with Crippen LogP contribution in [0.2, 0.25) is 5.02 Å². The molecule has 0 unspecified atom stereocenters. The van der Waals surface area contributed by atoms with Crippen molar-refractivity contribution in [2.24, 2.45) is 7.05 Å². The van der Waals surface area contributed by atoms with E-state index >= 15 is 0 Å². The maximum Gasteiger partial charge on any atom is 0.332 e. The van der Waals surface area contributed by atoms with Gasteiger partial charge in [0.2, 0.25) is 0 Å². The lowest BCUT2D eigenvalue weighted by Crippen LogP contribution is -2.33. The average molecular weight is 500 g/mol. The number of carboxylic acid groups (broad SMARTS) is 1. The van der Waals surface area contributed by atoms with Gasteiger partial charge in [-0.1, -0.05) is 17.7 Å². The number of carboxylic acids is 1. The fourth-order valence-electron chi connectivity index (χ4n) is 4.25. The van der Waals surface area contributed by atoms with Crippen LogP contribution in [0, 0.1) is 0 Å². The molecule has 2 aromatic rings. The highest BCUT2D eigenvalue weighted by Crippen LogP contribution is 2.39. The summed E-state index contributed by atoms with van der Waals surface area (Å²) in [6.07, 6.45) is 0.266. The average Bonchev–Trinajstić information content (AvgIpc) is 3.45. The molecule has 0 spiro atoms. The molecule has 0 saturated carbocycles. The van der Waals surface area contributed by atoms with Crippen molar-refractivity contribution in [1.29, 1.82) is 0 Å². The van der Waals surface area contributed by atoms with Crippen LogP contribution in [0.4, 0.5) is 8.78 Å². The van der Waals surface area contributed by atoms with E-state index in [0.29, 0.717) is 11.3 Å². The number of aryl methyl sites for hydroxylation is 1. The van der Waals surface area contributed by atoms with Crippen LogP contribution in [-0.4, -0.2) is 64.3 Å². The van der Waals surface area contributed by atoms with Gasteiger partial charge in [0.25, 0.3) is 11.8 Å². The number of nitrogens with zero attached hydrogens (tertiary/aromatic N) is 3. The molecule has 2 aliphatic rings. The molecule has 8 nitrogen and oxygen atoms in total. The van der Waals surface area contributed by atoms with Gasteiger partial charge in [0.1, 0.15) is 0 Å². The first-order valence-corrected chi connectivity index (χ1v) is 12.0. The Kier molecular flexibility index (Phi) is 5.81. The normalized spacial score (nSPS) is 20.5. The standard InChI is InChI=1S/C21H20ClF2N3O5S/c1-26-17(4-6-25-26)12-2-3-18(16(22)8-12)33(31,32)13-9-14(15(10-13)20(29)30)19(28)27-7-5-21(23,24)11-27/h2-4,6,8,13H,5,7,9-11H2,1H3,(H,29,30)/t13-/m1/s1. The smallest absolute Gasteiger partial charge is 0.332 e. The van der Waals surface area contributed by atoms with Gasteiger partial charge in [-0.05, 0) is 31.0 Å². The number of carbonyl (C=O) groups excluding carboxylic acids is 1. The van der Waals surface area contributed by atoms with Gasteiger partial charge >= 0.3 is 5.97 Å². The molecular weight excluding hydrogens is 480 g/mol. The molecule has 1 atom stereocenters. The predicted octanol–water partition coefficient (Wildman–Crippen LogP) is 2.93. The zero-order chi connectivity index (χ0) is 24.1. The van der Waals surface area contributed by atoms with Crippen molar-refractivity contribution in [2.45, 2.75) is 35.3 Å². The summed E-state index contributed by atoms with van der Waals surface area (Å²) in [6, 6.07) is 6.11. The molecule has 176 valence electrons. The molecule has 0 bridgehead atoms. The number of benzene rings is 1. The van der Waals surface area contributed by atoms with Crippen LogP contribution >= 0.6 is 11.6 Å². The number of hydrogen-bond donors (Lipinski definition) is 1. The summed E-state index contributed by atoms with van der Waals surface area (Å²) in [5, 5.41) is 12.3. The second-order valence-corrected chi connectivity index (χ2v) is 10.8. The Morgan fingerprint density at radius 1 is 1.21 bits per heavy atom. The van der Waals surface area contributed by atoms with Gasteiger partial charge in [-0.3, -0.25) is 9.48 Å². The molecule has 33 heavy (non-hydrogen) atoms. The largest absolute Gasteiger partial charge is 0.478 e. The maximum atomic E-state index is 13.5. The van der Waals surface area contributed by atoms with E-state index in [9.17, 15) is 31.9 Å². The van der Waals surface area contributed by atoms with Crippen molar-refractivity contribution in [1.82, 2.24) is 14.7 Å². The van der Waals surface area contributed by atoms with Crippen LogP contribution in [0.25, 0.3) is 11.3 Å². The van der Waals surface area contributed by atoms with E-state index in [2.05, 4.69) is 5.10 Å². The fourth-order valence-corrected chi connectivity index (χ4v) is 6.48. The highest BCUT2D eigenvalue weighted by molar-refractivity contribution is 7.92. The number of likely N-dealkylation sites (tertiary alicyclic amines) is 1. The van der Waals surface area contributed by atoms with Gasteiger partial charge in [0.15, 0.2) is 9.84 Å². The van der Waals surface area contributed by atoms with E-state index in [1.165, 1.54) is 12.1 Å². The summed E-state index contributed by atoms with van der Waals surface area (Å²) in [5.74, 6) is -5.35. The molecule has 12 heteroatoms.